The number of hydrogen-bond acceptors (Lipinski definition) is 14. The maximum absolute atomic E-state index is 13.1. The first-order chi connectivity index (χ1) is 23.7. The topological polar surface area (TPSA) is 154 Å². The minimum atomic E-state index is -0.833. The van der Waals surface area contributed by atoms with Gasteiger partial charge in [-0.2, -0.15) is 0 Å². The maximum Gasteiger partial charge on any atom is 0.343 e. The summed E-state index contributed by atoms with van der Waals surface area (Å²) < 4.78 is 36.8. The van der Waals surface area contributed by atoms with Crippen molar-refractivity contribution < 1.29 is 57.1 Å². The smallest absolute Gasteiger partial charge is 0.343 e. The molecule has 1 aliphatic rings. The lowest BCUT2D eigenvalue weighted by atomic mass is 10.2. The molecule has 0 saturated heterocycles. The Morgan fingerprint density at radius 3 is 1.49 bits per heavy atom. The van der Waals surface area contributed by atoms with Crippen LogP contribution >= 0.6 is 23.5 Å². The van der Waals surface area contributed by atoms with Gasteiger partial charge in [-0.1, -0.05) is 36.7 Å². The fraction of sp³-hybridized carbons (Fsp3) is 0.118. The van der Waals surface area contributed by atoms with Crippen molar-refractivity contribution in [2.45, 2.75) is 16.7 Å². The van der Waals surface area contributed by atoms with E-state index in [1.54, 1.807) is 6.92 Å². The third-order valence-corrected chi connectivity index (χ3v) is 8.58. The lowest BCUT2D eigenvalue weighted by Crippen LogP contribution is -2.11. The molecule has 3 aromatic carbocycles. The van der Waals surface area contributed by atoms with Crippen LogP contribution in [-0.2, 0) is 28.6 Å². The minimum Gasteiger partial charge on any atom is -0.471 e. The van der Waals surface area contributed by atoms with Crippen LogP contribution in [0.15, 0.2) is 106 Å². The molecule has 0 amide bonds. The van der Waals surface area contributed by atoms with Gasteiger partial charge in [-0.05, 0) is 67.6 Å². The largest absolute Gasteiger partial charge is 0.471 e. The van der Waals surface area contributed by atoms with Gasteiger partial charge in [0.15, 0.2) is 0 Å². The molecule has 3 aromatic rings. The molecule has 0 atom stereocenters. The summed E-state index contributed by atoms with van der Waals surface area (Å²) in [6.07, 6.45) is 1.99. The van der Waals surface area contributed by atoms with Crippen molar-refractivity contribution in [3.05, 3.63) is 118 Å². The zero-order valence-corrected chi connectivity index (χ0v) is 27.3. The third-order valence-electron chi connectivity index (χ3n) is 5.98. The van der Waals surface area contributed by atoms with Crippen LogP contribution in [0.3, 0.4) is 0 Å². The Labute approximate surface area is 288 Å². The van der Waals surface area contributed by atoms with Crippen molar-refractivity contribution in [2.24, 2.45) is 0 Å². The molecule has 0 spiro atoms. The van der Waals surface area contributed by atoms with Crippen LogP contribution in [0.1, 0.15) is 27.6 Å². The van der Waals surface area contributed by atoms with Crippen LogP contribution in [0.5, 0.6) is 23.0 Å². The van der Waals surface area contributed by atoms with Crippen LogP contribution in [0.4, 0.5) is 0 Å². The predicted octanol–water partition coefficient (Wildman–Crippen LogP) is 6.11. The highest BCUT2D eigenvalue weighted by molar-refractivity contribution is 8.24. The summed E-state index contributed by atoms with van der Waals surface area (Å²) in [5, 5.41) is 0. The van der Waals surface area contributed by atoms with E-state index in [-0.39, 0.29) is 52.8 Å². The van der Waals surface area contributed by atoms with Crippen LogP contribution in [0.25, 0.3) is 4.85 Å². The molecule has 15 heteroatoms. The highest BCUT2D eigenvalue weighted by Gasteiger charge is 2.32. The lowest BCUT2D eigenvalue weighted by Gasteiger charge is -2.12. The third kappa shape index (κ3) is 9.53. The molecule has 0 N–H and O–H groups in total. The van der Waals surface area contributed by atoms with Gasteiger partial charge in [0.2, 0.25) is 13.6 Å². The number of rotatable bonds is 14. The molecular formula is C34H25NO12S2. The highest BCUT2D eigenvalue weighted by Crippen LogP contribution is 2.59. The Kier molecular flexibility index (Phi) is 12.6. The zero-order valence-electron chi connectivity index (χ0n) is 25.6. The first kappa shape index (κ1) is 35.9. The zero-order chi connectivity index (χ0) is 35.3. The van der Waals surface area contributed by atoms with Crippen molar-refractivity contribution in [3.63, 3.8) is 0 Å². The van der Waals surface area contributed by atoms with Crippen molar-refractivity contribution in [1.29, 1.82) is 0 Å². The monoisotopic (exact) mass is 703 g/mol. The van der Waals surface area contributed by atoms with Gasteiger partial charge in [0.25, 0.3) is 5.70 Å². The van der Waals surface area contributed by atoms with Crippen LogP contribution in [0.2, 0.25) is 0 Å². The second-order valence-corrected chi connectivity index (χ2v) is 11.4. The Hall–Kier alpha value is -5.98. The summed E-state index contributed by atoms with van der Waals surface area (Å²) in [4.78, 5) is 65.1. The summed E-state index contributed by atoms with van der Waals surface area (Å²) in [6, 6.07) is 14.5. The van der Waals surface area contributed by atoms with Crippen LogP contribution in [0, 0.1) is 6.57 Å². The van der Waals surface area contributed by atoms with E-state index in [0.717, 1.165) is 35.7 Å². The highest BCUT2D eigenvalue weighted by atomic mass is 32.2. The molecular weight excluding hydrogens is 679 g/mol. The maximum atomic E-state index is 13.1. The van der Waals surface area contributed by atoms with Crippen molar-refractivity contribution in [3.8, 4) is 23.0 Å². The van der Waals surface area contributed by atoms with Gasteiger partial charge in [0.05, 0.1) is 38.3 Å². The van der Waals surface area contributed by atoms with Gasteiger partial charge in [-0.3, -0.25) is 4.79 Å². The Bertz CT molecular complexity index is 1750. The summed E-state index contributed by atoms with van der Waals surface area (Å²) in [6.45, 7) is 15.1. The van der Waals surface area contributed by atoms with Crippen molar-refractivity contribution in [1.82, 2.24) is 0 Å². The van der Waals surface area contributed by atoms with Gasteiger partial charge in [-0.15, -0.1) is 0 Å². The van der Waals surface area contributed by atoms with E-state index in [9.17, 15) is 24.0 Å². The molecule has 0 radical (unpaired) electrons. The number of hydrogen-bond donors (Lipinski definition) is 0. The molecule has 0 aliphatic carbocycles. The lowest BCUT2D eigenvalue weighted by molar-refractivity contribution is -0.145. The second kappa shape index (κ2) is 17.3. The van der Waals surface area contributed by atoms with Crippen molar-refractivity contribution >= 4 is 53.4 Å². The molecule has 1 heterocycles. The average Bonchev–Trinajstić information content (AvgIpc) is 3.56. The molecule has 0 unspecified atom stereocenters. The Morgan fingerprint density at radius 2 is 1.12 bits per heavy atom. The Morgan fingerprint density at radius 1 is 0.694 bits per heavy atom. The predicted molar refractivity (Wildman–Crippen MR) is 175 cm³/mol. The van der Waals surface area contributed by atoms with E-state index in [1.807, 2.05) is 0 Å². The summed E-state index contributed by atoms with van der Waals surface area (Å²) >= 11 is 1.97. The molecule has 250 valence electrons. The SMILES string of the molecule is [C-]#[N+]C(C(=O)OCC)=C1Sc2c(OC(=O)c3ccc(OCOC(=O)C=C)cc3)ccc(OC(=O)c3ccc(OCOC(=O)C=C)cc3)c2S1. The number of ether oxygens (including phenoxy) is 7. The Balaban J connectivity index is 1.55. The van der Waals surface area contributed by atoms with E-state index in [0.29, 0.717) is 21.3 Å². The van der Waals surface area contributed by atoms with E-state index in [1.165, 1.54) is 60.7 Å². The average molecular weight is 704 g/mol. The normalized spacial score (nSPS) is 11.1. The molecule has 49 heavy (non-hydrogen) atoms. The number of benzene rings is 3. The quantitative estimate of drug-likeness (QED) is 0.0474. The van der Waals surface area contributed by atoms with Crippen molar-refractivity contribution in [2.75, 3.05) is 20.2 Å². The summed E-state index contributed by atoms with van der Waals surface area (Å²) in [7, 11) is 0. The molecule has 13 nitrogen and oxygen atoms in total. The number of thioether (sulfide) groups is 2. The van der Waals surface area contributed by atoms with Gasteiger partial charge in [0.1, 0.15) is 23.0 Å². The van der Waals surface area contributed by atoms with Gasteiger partial charge in [-0.25, -0.2) is 24.0 Å². The van der Waals surface area contributed by atoms with Gasteiger partial charge in [0, 0.05) is 12.2 Å². The molecule has 4 rings (SSSR count). The fourth-order valence-electron chi connectivity index (χ4n) is 3.68. The number of esters is 5. The number of carbonyl (C=O) groups excluding carboxylic acids is 5. The molecule has 0 saturated carbocycles. The molecule has 0 aromatic heterocycles. The van der Waals surface area contributed by atoms with Gasteiger partial charge >= 0.3 is 29.8 Å². The summed E-state index contributed by atoms with van der Waals surface area (Å²) in [5.74, 6) is -2.81. The first-order valence-electron chi connectivity index (χ1n) is 14.0. The van der Waals surface area contributed by atoms with E-state index in [4.69, 9.17) is 39.7 Å². The standard InChI is InChI=1S/C34H25NO12S2/c1-5-26(36)44-18-42-22-12-8-20(9-13-22)31(38)46-24-16-17-25(30-29(24)48-34(49-30)28(35-4)33(40)41-7-3)47-32(39)21-10-14-23(15-11-21)43-19-45-27(37)6-2/h5-6,8-17H,1-2,7,18-19H2,3H3. The fourth-order valence-corrected chi connectivity index (χ4v) is 6.22. The second-order valence-electron chi connectivity index (χ2n) is 9.08. The first-order valence-corrected chi connectivity index (χ1v) is 15.6. The van der Waals surface area contributed by atoms with Crippen LogP contribution in [-0.4, -0.2) is 50.0 Å². The molecule has 0 bridgehead atoms. The molecule has 0 fully saturated rings. The van der Waals surface area contributed by atoms with Gasteiger partial charge < -0.3 is 33.2 Å². The number of carbonyl (C=O) groups is 5. The van der Waals surface area contributed by atoms with Crippen LogP contribution < -0.4 is 18.9 Å². The molecule has 1 aliphatic heterocycles. The summed E-state index contributed by atoms with van der Waals surface area (Å²) in [5.41, 5.74) is 0.0304. The minimum absolute atomic E-state index is 0.0484. The number of fused-ring (bicyclic) bond motifs is 1. The van der Waals surface area contributed by atoms with E-state index in [2.05, 4.69) is 18.0 Å². The van der Waals surface area contributed by atoms with E-state index < -0.39 is 29.8 Å². The number of nitrogens with zero attached hydrogens (tertiary/aromatic N) is 1. The van der Waals surface area contributed by atoms with E-state index >= 15 is 0 Å².